The molecular weight excluding hydrogens is 197 g/mol. The van der Waals surface area contributed by atoms with Gasteiger partial charge in [0.15, 0.2) is 0 Å². The quantitative estimate of drug-likeness (QED) is 0.566. The third-order valence-electron chi connectivity index (χ3n) is 1.52. The lowest BCUT2D eigenvalue weighted by molar-refractivity contribution is -0.128. The van der Waals surface area contributed by atoms with E-state index in [1.165, 1.54) is 23.7 Å². The van der Waals surface area contributed by atoms with Crippen molar-refractivity contribution < 1.29 is 14.4 Å². The van der Waals surface area contributed by atoms with E-state index in [1.807, 2.05) is 0 Å². The number of amides is 1. The van der Waals surface area contributed by atoms with E-state index in [9.17, 15) is 9.18 Å². The van der Waals surface area contributed by atoms with Crippen LogP contribution in [0.1, 0.15) is 5.56 Å². The molecule has 0 aromatic heterocycles. The van der Waals surface area contributed by atoms with Crippen molar-refractivity contribution >= 4 is 17.5 Å². The van der Waals surface area contributed by atoms with Gasteiger partial charge in [-0.05, 0) is 12.1 Å². The molecule has 13 heavy (non-hydrogen) atoms. The Morgan fingerprint density at radius 2 is 2.31 bits per heavy atom. The Bertz CT molecular complexity index is 310. The van der Waals surface area contributed by atoms with Gasteiger partial charge in [0.25, 0.3) is 0 Å². The summed E-state index contributed by atoms with van der Waals surface area (Å²) in [6.45, 7) is 0. The molecule has 0 heterocycles. The third-order valence-corrected chi connectivity index (χ3v) is 1.88. The first-order valence-electron chi connectivity index (χ1n) is 3.51. The molecule has 5 heteroatoms. The van der Waals surface area contributed by atoms with E-state index in [4.69, 9.17) is 16.8 Å². The molecule has 0 unspecified atom stereocenters. The lowest BCUT2D eigenvalue weighted by Crippen LogP contribution is -2.21. The molecule has 70 valence electrons. The number of hydroxylamine groups is 1. The zero-order valence-electron chi connectivity index (χ0n) is 6.55. The fraction of sp³-hybridized carbons (Fsp3) is 0.125. The maximum Gasteiger partial charge on any atom is 0.247 e. The van der Waals surface area contributed by atoms with Crippen LogP contribution in [0.5, 0.6) is 0 Å². The molecule has 0 spiro atoms. The van der Waals surface area contributed by atoms with Crippen LogP contribution in [0.2, 0.25) is 5.02 Å². The number of carbonyl (C=O) groups is 1. The summed E-state index contributed by atoms with van der Waals surface area (Å²) in [4.78, 5) is 10.7. The Labute approximate surface area is 79.1 Å². The van der Waals surface area contributed by atoms with Gasteiger partial charge in [-0.25, -0.2) is 9.87 Å². The second kappa shape index (κ2) is 4.20. The smallest absolute Gasteiger partial charge is 0.247 e. The first kappa shape index (κ1) is 9.95. The van der Waals surface area contributed by atoms with Gasteiger partial charge in [-0.3, -0.25) is 10.0 Å². The average Bonchev–Trinajstić information content (AvgIpc) is 2.11. The molecule has 1 amide bonds. The molecule has 0 fully saturated rings. The minimum Gasteiger partial charge on any atom is -0.289 e. The van der Waals surface area contributed by atoms with E-state index >= 15 is 0 Å². The molecule has 3 nitrogen and oxygen atoms in total. The summed E-state index contributed by atoms with van der Waals surface area (Å²) < 4.78 is 13.0. The zero-order valence-corrected chi connectivity index (χ0v) is 7.31. The van der Waals surface area contributed by atoms with Gasteiger partial charge in [0.1, 0.15) is 5.82 Å². The fourth-order valence-corrected chi connectivity index (χ4v) is 1.13. The largest absolute Gasteiger partial charge is 0.289 e. The van der Waals surface area contributed by atoms with E-state index in [0.29, 0.717) is 0 Å². The van der Waals surface area contributed by atoms with Crippen LogP contribution in [-0.2, 0) is 11.2 Å². The number of rotatable bonds is 2. The van der Waals surface area contributed by atoms with Crippen molar-refractivity contribution in [2.45, 2.75) is 6.42 Å². The van der Waals surface area contributed by atoms with Crippen molar-refractivity contribution in [1.82, 2.24) is 5.48 Å². The van der Waals surface area contributed by atoms with Gasteiger partial charge in [-0.2, -0.15) is 0 Å². The number of nitrogens with one attached hydrogen (secondary N) is 1. The van der Waals surface area contributed by atoms with Gasteiger partial charge in [0.05, 0.1) is 6.42 Å². The first-order valence-corrected chi connectivity index (χ1v) is 3.88. The zero-order chi connectivity index (χ0) is 9.84. The molecular formula is C8H7ClFNO2. The standard InChI is InChI=1S/C8H7ClFNO2/c9-6-2-1-3-7(10)5(6)4-8(12)11-13/h1-3,13H,4H2,(H,11,12). The predicted molar refractivity (Wildman–Crippen MR) is 45.0 cm³/mol. The van der Waals surface area contributed by atoms with Gasteiger partial charge in [0, 0.05) is 10.6 Å². The van der Waals surface area contributed by atoms with Gasteiger partial charge in [0.2, 0.25) is 5.91 Å². The monoisotopic (exact) mass is 203 g/mol. The topological polar surface area (TPSA) is 49.3 Å². The van der Waals surface area contributed by atoms with E-state index in [2.05, 4.69) is 0 Å². The summed E-state index contributed by atoms with van der Waals surface area (Å²) in [7, 11) is 0. The molecule has 0 aliphatic heterocycles. The van der Waals surface area contributed by atoms with E-state index < -0.39 is 11.7 Å². The van der Waals surface area contributed by atoms with Crippen LogP contribution in [0.25, 0.3) is 0 Å². The molecule has 1 aromatic rings. The van der Waals surface area contributed by atoms with Crippen molar-refractivity contribution in [3.63, 3.8) is 0 Å². The minimum absolute atomic E-state index is 0.0794. The lowest BCUT2D eigenvalue weighted by atomic mass is 10.1. The van der Waals surface area contributed by atoms with Crippen LogP contribution >= 0.6 is 11.6 Å². The number of halogens is 2. The third kappa shape index (κ3) is 2.40. The van der Waals surface area contributed by atoms with Crippen molar-refractivity contribution in [3.8, 4) is 0 Å². The van der Waals surface area contributed by atoms with E-state index in [1.54, 1.807) is 0 Å². The summed E-state index contributed by atoms with van der Waals surface area (Å²) in [5.41, 5.74) is 1.48. The SMILES string of the molecule is O=C(Cc1c(F)cccc1Cl)NO. The molecule has 1 rings (SSSR count). The summed E-state index contributed by atoms with van der Waals surface area (Å²) >= 11 is 5.63. The molecule has 2 N–H and O–H groups in total. The van der Waals surface area contributed by atoms with Crippen LogP contribution in [-0.4, -0.2) is 11.1 Å². The van der Waals surface area contributed by atoms with Crippen molar-refractivity contribution in [2.75, 3.05) is 0 Å². The normalized spacial score (nSPS) is 9.77. The van der Waals surface area contributed by atoms with E-state index in [-0.39, 0.29) is 17.0 Å². The van der Waals surface area contributed by atoms with Gasteiger partial charge < -0.3 is 0 Å². The molecule has 0 saturated carbocycles. The molecule has 0 bridgehead atoms. The van der Waals surface area contributed by atoms with Crippen molar-refractivity contribution in [3.05, 3.63) is 34.6 Å². The number of hydrogen-bond acceptors (Lipinski definition) is 2. The first-order chi connectivity index (χ1) is 6.15. The highest BCUT2D eigenvalue weighted by atomic mass is 35.5. The maximum absolute atomic E-state index is 13.0. The van der Waals surface area contributed by atoms with Crippen LogP contribution in [0.4, 0.5) is 4.39 Å². The van der Waals surface area contributed by atoms with Crippen molar-refractivity contribution in [1.29, 1.82) is 0 Å². The maximum atomic E-state index is 13.0. The lowest BCUT2D eigenvalue weighted by Gasteiger charge is -2.03. The second-order valence-electron chi connectivity index (χ2n) is 2.41. The molecule has 1 aromatic carbocycles. The predicted octanol–water partition coefficient (Wildman–Crippen LogP) is 1.53. The second-order valence-corrected chi connectivity index (χ2v) is 2.82. The summed E-state index contributed by atoms with van der Waals surface area (Å²) in [6.07, 6.45) is -0.276. The minimum atomic E-state index is -0.702. The van der Waals surface area contributed by atoms with Crippen LogP contribution in [0.3, 0.4) is 0 Å². The number of carbonyl (C=O) groups excluding carboxylic acids is 1. The highest BCUT2D eigenvalue weighted by Crippen LogP contribution is 2.19. The average molecular weight is 204 g/mol. The Kier molecular flexibility index (Phi) is 3.22. The summed E-state index contributed by atoms with van der Waals surface area (Å²) in [5, 5.41) is 8.38. The van der Waals surface area contributed by atoms with Crippen LogP contribution < -0.4 is 5.48 Å². The van der Waals surface area contributed by atoms with Gasteiger partial charge >= 0.3 is 0 Å². The number of hydrogen-bond donors (Lipinski definition) is 2. The Hall–Kier alpha value is -1.13. The summed E-state index contributed by atoms with van der Waals surface area (Å²) in [6, 6.07) is 4.12. The fourth-order valence-electron chi connectivity index (χ4n) is 0.901. The van der Waals surface area contributed by atoms with Crippen LogP contribution in [0, 0.1) is 5.82 Å². The van der Waals surface area contributed by atoms with Gasteiger partial charge in [-0.1, -0.05) is 17.7 Å². The molecule has 0 aliphatic rings. The van der Waals surface area contributed by atoms with E-state index in [0.717, 1.165) is 0 Å². The molecule has 0 saturated heterocycles. The van der Waals surface area contributed by atoms with Gasteiger partial charge in [-0.15, -0.1) is 0 Å². The van der Waals surface area contributed by atoms with Crippen LogP contribution in [0.15, 0.2) is 18.2 Å². The highest BCUT2D eigenvalue weighted by molar-refractivity contribution is 6.31. The molecule has 0 aliphatic carbocycles. The molecule has 0 radical (unpaired) electrons. The number of benzene rings is 1. The Morgan fingerprint density at radius 1 is 1.62 bits per heavy atom. The summed E-state index contributed by atoms with van der Waals surface area (Å²) in [5.74, 6) is -1.26. The Balaban J connectivity index is 2.93. The molecule has 0 atom stereocenters. The Morgan fingerprint density at radius 3 is 2.85 bits per heavy atom. The van der Waals surface area contributed by atoms with Crippen molar-refractivity contribution in [2.24, 2.45) is 0 Å². The highest BCUT2D eigenvalue weighted by Gasteiger charge is 2.10.